The summed E-state index contributed by atoms with van der Waals surface area (Å²) in [5.74, 6) is 0.546. The fourth-order valence-electron chi connectivity index (χ4n) is 3.55. The molecule has 0 heterocycles. The highest BCUT2D eigenvalue weighted by Gasteiger charge is 2.30. The van der Waals surface area contributed by atoms with E-state index in [9.17, 15) is 4.79 Å². The van der Waals surface area contributed by atoms with Crippen LogP contribution in [-0.4, -0.2) is 48.5 Å². The van der Waals surface area contributed by atoms with E-state index in [1.807, 2.05) is 17.8 Å². The van der Waals surface area contributed by atoms with Crippen LogP contribution in [0.5, 0.6) is 0 Å². The third kappa shape index (κ3) is 5.25. The van der Waals surface area contributed by atoms with E-state index in [2.05, 4.69) is 54.7 Å². The maximum Gasteiger partial charge on any atom is 0.234 e. The SMILES string of the molecule is CC[C@H](CNC(=O)CN(C)[C@@H]1CCC[C@H]1SC)c1ccccc1. The molecule has 2 rings (SSSR count). The quantitative estimate of drug-likeness (QED) is 0.789. The van der Waals surface area contributed by atoms with Crippen molar-refractivity contribution in [1.29, 1.82) is 0 Å². The van der Waals surface area contributed by atoms with Crippen LogP contribution in [0.1, 0.15) is 44.1 Å². The highest BCUT2D eigenvalue weighted by molar-refractivity contribution is 7.99. The number of rotatable bonds is 8. The second-order valence-corrected chi connectivity index (χ2v) is 7.58. The summed E-state index contributed by atoms with van der Waals surface area (Å²) in [7, 11) is 2.09. The molecule has 3 nitrogen and oxygen atoms in total. The van der Waals surface area contributed by atoms with Gasteiger partial charge in [-0.1, -0.05) is 43.7 Å². The molecule has 1 N–H and O–H groups in total. The second kappa shape index (κ2) is 9.33. The van der Waals surface area contributed by atoms with Crippen LogP contribution in [0, 0.1) is 0 Å². The van der Waals surface area contributed by atoms with Crippen LogP contribution in [0.4, 0.5) is 0 Å². The lowest BCUT2D eigenvalue weighted by Gasteiger charge is -2.28. The minimum Gasteiger partial charge on any atom is -0.354 e. The van der Waals surface area contributed by atoms with Gasteiger partial charge < -0.3 is 5.32 Å². The van der Waals surface area contributed by atoms with Crippen LogP contribution >= 0.6 is 11.8 Å². The number of nitrogens with one attached hydrogen (secondary N) is 1. The highest BCUT2D eigenvalue weighted by atomic mass is 32.2. The van der Waals surface area contributed by atoms with Gasteiger partial charge in [0.1, 0.15) is 0 Å². The van der Waals surface area contributed by atoms with E-state index in [0.717, 1.165) is 13.0 Å². The molecule has 1 fully saturated rings. The molecule has 0 aliphatic heterocycles. The molecule has 1 aromatic carbocycles. The van der Waals surface area contributed by atoms with Crippen molar-refractivity contribution in [3.05, 3.63) is 35.9 Å². The molecule has 1 amide bonds. The number of benzene rings is 1. The zero-order chi connectivity index (χ0) is 16.7. The Morgan fingerprint density at radius 1 is 1.35 bits per heavy atom. The van der Waals surface area contributed by atoms with E-state index in [1.165, 1.54) is 24.8 Å². The Bertz CT molecular complexity index is 480. The normalized spacial score (nSPS) is 22.3. The van der Waals surface area contributed by atoms with Gasteiger partial charge in [0, 0.05) is 23.8 Å². The van der Waals surface area contributed by atoms with Crippen LogP contribution in [0.3, 0.4) is 0 Å². The molecule has 128 valence electrons. The summed E-state index contributed by atoms with van der Waals surface area (Å²) in [5.41, 5.74) is 1.31. The van der Waals surface area contributed by atoms with Gasteiger partial charge >= 0.3 is 0 Å². The molecule has 0 saturated heterocycles. The van der Waals surface area contributed by atoms with Crippen LogP contribution in [-0.2, 0) is 4.79 Å². The minimum atomic E-state index is 0.147. The average Bonchev–Trinajstić information content (AvgIpc) is 3.05. The van der Waals surface area contributed by atoms with Crippen LogP contribution < -0.4 is 5.32 Å². The Kier molecular flexibility index (Phi) is 7.44. The van der Waals surface area contributed by atoms with E-state index in [0.29, 0.717) is 23.8 Å². The molecule has 1 aromatic rings. The zero-order valence-corrected chi connectivity index (χ0v) is 15.4. The summed E-state index contributed by atoms with van der Waals surface area (Å²) >= 11 is 1.94. The Labute approximate surface area is 145 Å². The standard InChI is InChI=1S/C19H30N2OS/c1-4-15(16-9-6-5-7-10-16)13-20-19(22)14-21(2)17-11-8-12-18(17)23-3/h5-7,9-10,15,17-18H,4,8,11-14H2,1-3H3,(H,20,22)/t15-,17-,18-/m1/s1. The lowest BCUT2D eigenvalue weighted by Crippen LogP contribution is -2.43. The zero-order valence-electron chi connectivity index (χ0n) is 14.6. The van der Waals surface area contributed by atoms with Gasteiger partial charge in [-0.25, -0.2) is 0 Å². The van der Waals surface area contributed by atoms with E-state index >= 15 is 0 Å². The fourth-order valence-corrected chi connectivity index (χ4v) is 4.61. The third-order valence-electron chi connectivity index (χ3n) is 4.99. The highest BCUT2D eigenvalue weighted by Crippen LogP contribution is 2.31. The maximum absolute atomic E-state index is 12.3. The predicted octanol–water partition coefficient (Wildman–Crippen LogP) is 3.51. The molecule has 1 saturated carbocycles. The fraction of sp³-hybridized carbons (Fsp3) is 0.632. The molecular formula is C19H30N2OS. The largest absolute Gasteiger partial charge is 0.354 e. The van der Waals surface area contributed by atoms with Crippen molar-refractivity contribution in [2.45, 2.75) is 49.8 Å². The molecule has 23 heavy (non-hydrogen) atoms. The van der Waals surface area contributed by atoms with Gasteiger partial charge in [-0.3, -0.25) is 9.69 Å². The summed E-state index contributed by atoms with van der Waals surface area (Å²) in [6, 6.07) is 11.0. The van der Waals surface area contributed by atoms with Crippen LogP contribution in [0.25, 0.3) is 0 Å². The van der Waals surface area contributed by atoms with Crippen molar-refractivity contribution in [3.63, 3.8) is 0 Å². The molecule has 0 bridgehead atoms. The molecule has 3 atom stereocenters. The molecule has 0 aromatic heterocycles. The minimum absolute atomic E-state index is 0.147. The monoisotopic (exact) mass is 334 g/mol. The molecule has 1 aliphatic rings. The molecular weight excluding hydrogens is 304 g/mol. The maximum atomic E-state index is 12.3. The van der Waals surface area contributed by atoms with E-state index in [-0.39, 0.29) is 5.91 Å². The number of likely N-dealkylation sites (N-methyl/N-ethyl adjacent to an activating group) is 1. The topological polar surface area (TPSA) is 32.3 Å². The van der Waals surface area contributed by atoms with Crippen molar-refractivity contribution in [1.82, 2.24) is 10.2 Å². The number of amides is 1. The van der Waals surface area contributed by atoms with E-state index < -0.39 is 0 Å². The van der Waals surface area contributed by atoms with Crippen molar-refractivity contribution in [2.24, 2.45) is 0 Å². The number of hydrogen-bond acceptors (Lipinski definition) is 3. The summed E-state index contributed by atoms with van der Waals surface area (Å²) in [5, 5.41) is 3.81. The first-order valence-corrected chi connectivity index (χ1v) is 9.99. The van der Waals surface area contributed by atoms with Gasteiger partial charge in [-0.05, 0) is 38.1 Å². The Morgan fingerprint density at radius 3 is 2.74 bits per heavy atom. The molecule has 0 spiro atoms. The van der Waals surface area contributed by atoms with Gasteiger partial charge in [0.25, 0.3) is 0 Å². The smallest absolute Gasteiger partial charge is 0.234 e. The van der Waals surface area contributed by atoms with Crippen molar-refractivity contribution < 1.29 is 4.79 Å². The third-order valence-corrected chi connectivity index (χ3v) is 6.14. The number of hydrogen-bond donors (Lipinski definition) is 1. The van der Waals surface area contributed by atoms with Gasteiger partial charge in [0.15, 0.2) is 0 Å². The predicted molar refractivity (Wildman–Crippen MR) is 100 cm³/mol. The Balaban J connectivity index is 1.80. The summed E-state index contributed by atoms with van der Waals surface area (Å²) in [4.78, 5) is 14.5. The van der Waals surface area contributed by atoms with Gasteiger partial charge in [-0.2, -0.15) is 11.8 Å². The van der Waals surface area contributed by atoms with E-state index in [4.69, 9.17) is 0 Å². The van der Waals surface area contributed by atoms with Crippen LogP contribution in [0.2, 0.25) is 0 Å². The first-order chi connectivity index (χ1) is 11.2. The first kappa shape index (κ1) is 18.3. The summed E-state index contributed by atoms with van der Waals surface area (Å²) in [6.45, 7) is 3.41. The van der Waals surface area contributed by atoms with Crippen LogP contribution in [0.15, 0.2) is 30.3 Å². The lowest BCUT2D eigenvalue weighted by atomic mass is 9.96. The van der Waals surface area contributed by atoms with Gasteiger partial charge in [0.2, 0.25) is 5.91 Å². The average molecular weight is 335 g/mol. The summed E-state index contributed by atoms with van der Waals surface area (Å²) in [6.07, 6.45) is 7.01. The first-order valence-electron chi connectivity index (χ1n) is 8.70. The van der Waals surface area contributed by atoms with Crippen molar-refractivity contribution in [3.8, 4) is 0 Å². The van der Waals surface area contributed by atoms with E-state index in [1.54, 1.807) is 0 Å². The number of carbonyl (C=O) groups is 1. The number of carbonyl (C=O) groups excluding carboxylic acids is 1. The van der Waals surface area contributed by atoms with Gasteiger partial charge in [0.05, 0.1) is 6.54 Å². The van der Waals surface area contributed by atoms with Crippen molar-refractivity contribution >= 4 is 17.7 Å². The Hall–Kier alpha value is -1.00. The molecule has 0 unspecified atom stereocenters. The molecule has 4 heteroatoms. The summed E-state index contributed by atoms with van der Waals surface area (Å²) < 4.78 is 0. The second-order valence-electron chi connectivity index (χ2n) is 6.51. The number of thioether (sulfide) groups is 1. The Morgan fingerprint density at radius 2 is 2.09 bits per heavy atom. The molecule has 0 radical (unpaired) electrons. The van der Waals surface area contributed by atoms with Crippen molar-refractivity contribution in [2.75, 3.05) is 26.4 Å². The van der Waals surface area contributed by atoms with Gasteiger partial charge in [-0.15, -0.1) is 0 Å². The lowest BCUT2D eigenvalue weighted by molar-refractivity contribution is -0.122. The molecule has 1 aliphatic carbocycles. The number of nitrogens with zero attached hydrogens (tertiary/aromatic N) is 1.